The Balaban J connectivity index is 0.00000272. The summed E-state index contributed by atoms with van der Waals surface area (Å²) < 4.78 is 18.9. The molecule has 2 saturated carbocycles. The number of H-pyrrole nitrogens is 1. The van der Waals surface area contributed by atoms with Crippen molar-refractivity contribution in [1.82, 2.24) is 35.3 Å². The topological polar surface area (TPSA) is 158 Å². The van der Waals surface area contributed by atoms with E-state index in [2.05, 4.69) is 61.2 Å². The zero-order chi connectivity index (χ0) is 41.8. The number of nitrogens with zero attached hydrogens (tertiary/aromatic N) is 7. The van der Waals surface area contributed by atoms with Crippen molar-refractivity contribution in [3.63, 3.8) is 0 Å². The summed E-state index contributed by atoms with van der Waals surface area (Å²) in [4.78, 5) is 56.0. The molecule has 3 amide bonds. The first-order valence-corrected chi connectivity index (χ1v) is 22.3. The molecule has 6 aliphatic rings. The Hall–Kier alpha value is -5.28. The van der Waals surface area contributed by atoms with Gasteiger partial charge in [-0.1, -0.05) is 0 Å². The van der Waals surface area contributed by atoms with Gasteiger partial charge in [0.2, 0.25) is 11.8 Å². The summed E-state index contributed by atoms with van der Waals surface area (Å²) in [6.45, 7) is 10.4. The van der Waals surface area contributed by atoms with Crippen LogP contribution in [0.1, 0.15) is 96.8 Å². The average molecular weight is 836 g/mol. The van der Waals surface area contributed by atoms with E-state index in [9.17, 15) is 14.4 Å². The summed E-state index contributed by atoms with van der Waals surface area (Å²) in [5.41, 5.74) is 4.89. The van der Waals surface area contributed by atoms with Crippen LogP contribution < -0.4 is 24.6 Å². The lowest BCUT2D eigenvalue weighted by Gasteiger charge is -2.43. The summed E-state index contributed by atoms with van der Waals surface area (Å²) in [6, 6.07) is 11.8. The van der Waals surface area contributed by atoms with Gasteiger partial charge in [0.25, 0.3) is 5.91 Å². The van der Waals surface area contributed by atoms with Crippen LogP contribution in [0.2, 0.25) is 0 Å². The van der Waals surface area contributed by atoms with Crippen LogP contribution >= 0.6 is 0 Å². The van der Waals surface area contributed by atoms with Crippen molar-refractivity contribution in [2.75, 3.05) is 56.2 Å². The fraction of sp³-hybridized carbons (Fsp3) is 0.565. The van der Waals surface area contributed by atoms with E-state index in [1.807, 2.05) is 24.3 Å². The van der Waals surface area contributed by atoms with E-state index >= 15 is 0 Å². The number of piperazine rings is 1. The molecule has 3 saturated heterocycles. The Kier molecular flexibility index (Phi) is 10.6. The number of hydrogen-bond acceptors (Lipinski definition) is 12. The molecule has 15 nitrogen and oxygen atoms in total. The molecule has 326 valence electrons. The highest BCUT2D eigenvalue weighted by Gasteiger charge is 2.42. The molecular weight excluding hydrogens is 775 g/mol. The molecule has 1 unspecified atom stereocenters. The number of imide groups is 1. The Morgan fingerprint density at radius 1 is 0.902 bits per heavy atom. The van der Waals surface area contributed by atoms with Crippen molar-refractivity contribution in [1.29, 1.82) is 0 Å². The van der Waals surface area contributed by atoms with Gasteiger partial charge in [0, 0.05) is 77.2 Å². The molecule has 10 rings (SSSR count). The van der Waals surface area contributed by atoms with E-state index < -0.39 is 11.9 Å². The van der Waals surface area contributed by atoms with Crippen LogP contribution in [0.3, 0.4) is 0 Å². The van der Waals surface area contributed by atoms with E-state index in [0.29, 0.717) is 42.3 Å². The van der Waals surface area contributed by atoms with Crippen molar-refractivity contribution >= 4 is 40.1 Å². The first-order chi connectivity index (χ1) is 29.6. The number of amides is 3. The smallest absolute Gasteiger partial charge is 0.255 e. The van der Waals surface area contributed by atoms with Crippen LogP contribution in [0.5, 0.6) is 11.5 Å². The number of hydrogen-bond donors (Lipinski definition) is 2. The Labute approximate surface area is 359 Å². The third kappa shape index (κ3) is 8.02. The largest absolute Gasteiger partial charge is 0.494 e. The number of methoxy groups -OCH3 is 1. The molecule has 2 aliphatic carbocycles. The Morgan fingerprint density at radius 2 is 1.70 bits per heavy atom. The number of nitrogens with one attached hydrogen (secondary N) is 2. The van der Waals surface area contributed by atoms with Gasteiger partial charge in [-0.15, -0.1) is 0 Å². The second-order valence-corrected chi connectivity index (χ2v) is 18.4. The van der Waals surface area contributed by atoms with E-state index in [0.717, 1.165) is 123 Å². The maximum atomic E-state index is 13.4. The molecule has 4 aliphatic heterocycles. The number of rotatable bonds is 11. The van der Waals surface area contributed by atoms with Crippen LogP contribution in [-0.2, 0) is 20.9 Å². The standard InChI is InChI=1S/C46H57N9O6.2H2/c1-28-24-54(40-23-37(47-27-48-40)42-34-22-32(61-46(2)16-17-46)8-10-36(34)50-51-42)21-20-53(28)25-29-4-6-30(7-5-29)60-31-14-18-52(19-15-31)38-11-9-33-35(43(38)59-3)26-55(45(33)58)39-12-13-41(56)49-44(39)57;;/h8-11,22-23,27-31,39H,4-7,12-21,24-26H2,1-3H3,(H,50,51)(H,49,56,57);2*1H/t28-,29?,30?,39?;;/m0../s1. The normalized spacial score (nSPS) is 25.8. The fourth-order valence-corrected chi connectivity index (χ4v) is 10.3. The van der Waals surface area contributed by atoms with Gasteiger partial charge in [-0.05, 0) is 108 Å². The molecule has 2 aromatic heterocycles. The summed E-state index contributed by atoms with van der Waals surface area (Å²) in [5.74, 6) is 2.29. The molecule has 2 N–H and O–H groups in total. The summed E-state index contributed by atoms with van der Waals surface area (Å²) >= 11 is 0. The van der Waals surface area contributed by atoms with Crippen molar-refractivity contribution < 1.29 is 31.4 Å². The van der Waals surface area contributed by atoms with Gasteiger partial charge in [-0.25, -0.2) is 9.97 Å². The number of carbonyl (C=O) groups excluding carboxylic acids is 3. The number of aromatic nitrogens is 4. The maximum Gasteiger partial charge on any atom is 0.255 e. The second kappa shape index (κ2) is 16.2. The van der Waals surface area contributed by atoms with Crippen LogP contribution in [-0.4, -0.2) is 124 Å². The number of anilines is 2. The quantitative estimate of drug-likeness (QED) is 0.171. The van der Waals surface area contributed by atoms with Crippen LogP contribution in [0.15, 0.2) is 42.7 Å². The molecule has 15 heteroatoms. The van der Waals surface area contributed by atoms with Crippen LogP contribution in [0, 0.1) is 5.92 Å². The third-order valence-corrected chi connectivity index (χ3v) is 14.1. The molecular formula is C46H61N9O6. The van der Waals surface area contributed by atoms with E-state index in [4.69, 9.17) is 19.2 Å². The lowest BCUT2D eigenvalue weighted by atomic mass is 9.86. The Morgan fingerprint density at radius 3 is 2.46 bits per heavy atom. The van der Waals surface area contributed by atoms with Crippen LogP contribution in [0.25, 0.3) is 22.3 Å². The van der Waals surface area contributed by atoms with Crippen molar-refractivity contribution in [2.24, 2.45) is 5.92 Å². The van der Waals surface area contributed by atoms with Gasteiger partial charge >= 0.3 is 0 Å². The highest BCUT2D eigenvalue weighted by Crippen LogP contribution is 2.43. The fourth-order valence-electron chi connectivity index (χ4n) is 10.3. The van der Waals surface area contributed by atoms with Gasteiger partial charge < -0.3 is 28.9 Å². The zero-order valence-electron chi connectivity index (χ0n) is 35.5. The zero-order valence-corrected chi connectivity index (χ0v) is 35.5. The van der Waals surface area contributed by atoms with Gasteiger partial charge in [0.1, 0.15) is 41.0 Å². The minimum atomic E-state index is -0.652. The predicted octanol–water partition coefficient (Wildman–Crippen LogP) is 5.97. The monoisotopic (exact) mass is 835 g/mol. The van der Waals surface area contributed by atoms with Gasteiger partial charge in [-0.2, -0.15) is 5.10 Å². The maximum absolute atomic E-state index is 13.4. The molecule has 2 aromatic carbocycles. The molecule has 6 heterocycles. The van der Waals surface area contributed by atoms with E-state index in [1.54, 1.807) is 18.3 Å². The lowest BCUT2D eigenvalue weighted by Crippen LogP contribution is -2.53. The van der Waals surface area contributed by atoms with Crippen LogP contribution in [0.4, 0.5) is 11.5 Å². The van der Waals surface area contributed by atoms with Gasteiger partial charge in [0.15, 0.2) is 0 Å². The predicted molar refractivity (Wildman–Crippen MR) is 234 cm³/mol. The number of ether oxygens (including phenoxy) is 3. The molecule has 4 aromatic rings. The lowest BCUT2D eigenvalue weighted by molar-refractivity contribution is -0.136. The highest BCUT2D eigenvalue weighted by molar-refractivity contribution is 6.06. The van der Waals surface area contributed by atoms with E-state index in [1.165, 1.54) is 12.8 Å². The number of aromatic amines is 1. The first kappa shape index (κ1) is 39.8. The van der Waals surface area contributed by atoms with Gasteiger partial charge in [-0.3, -0.25) is 29.7 Å². The van der Waals surface area contributed by atoms with Crippen molar-refractivity contribution in [3.8, 4) is 22.9 Å². The highest BCUT2D eigenvalue weighted by atomic mass is 16.5. The molecule has 0 radical (unpaired) electrons. The minimum absolute atomic E-state index is 0. The summed E-state index contributed by atoms with van der Waals surface area (Å²) in [7, 11) is 1.64. The number of fused-ring (bicyclic) bond motifs is 2. The SMILES string of the molecule is COc1c(N2CCC(OC3CCC(CN4CCN(c5cc(-c6n[nH]c7ccc(OC8(C)CC8)cc67)ncn5)C[C@@H]4C)CC3)CC2)ccc2c1CN(C1CCC(=O)NC1=O)C2=O.[HH].[HH]. The number of benzene rings is 2. The molecule has 0 spiro atoms. The first-order valence-electron chi connectivity index (χ1n) is 22.3. The van der Waals surface area contributed by atoms with Crippen molar-refractivity contribution in [2.45, 2.75) is 114 Å². The third-order valence-electron chi connectivity index (χ3n) is 14.1. The second-order valence-electron chi connectivity index (χ2n) is 18.4. The van der Waals surface area contributed by atoms with Crippen molar-refractivity contribution in [3.05, 3.63) is 53.9 Å². The summed E-state index contributed by atoms with van der Waals surface area (Å²) in [6.07, 6.45) is 11.4. The number of carbonyl (C=O) groups is 3. The molecule has 5 fully saturated rings. The van der Waals surface area contributed by atoms with E-state index in [-0.39, 0.29) is 32.8 Å². The number of piperidine rings is 2. The minimum Gasteiger partial charge on any atom is -0.494 e. The molecule has 0 bridgehead atoms. The summed E-state index contributed by atoms with van der Waals surface area (Å²) in [5, 5.41) is 11.2. The Bertz CT molecular complexity index is 2330. The van der Waals surface area contributed by atoms with Gasteiger partial charge in [0.05, 0.1) is 42.8 Å². The molecule has 61 heavy (non-hydrogen) atoms. The average Bonchev–Trinajstić information content (AvgIpc) is 3.68. The molecule has 2 atom stereocenters.